The van der Waals surface area contributed by atoms with Crippen molar-refractivity contribution in [1.82, 2.24) is 0 Å². The summed E-state index contributed by atoms with van der Waals surface area (Å²) in [6.07, 6.45) is -0.535. The molecule has 0 saturated heterocycles. The van der Waals surface area contributed by atoms with E-state index in [1.165, 1.54) is 11.1 Å². The highest BCUT2D eigenvalue weighted by atomic mass is 32.1. The van der Waals surface area contributed by atoms with Crippen molar-refractivity contribution in [2.75, 3.05) is 6.54 Å². The van der Waals surface area contributed by atoms with Crippen molar-refractivity contribution >= 4 is 11.3 Å². The summed E-state index contributed by atoms with van der Waals surface area (Å²) in [4.78, 5) is 1.14. The normalized spacial score (nSPS) is 14.4. The molecule has 0 bridgehead atoms. The maximum absolute atomic E-state index is 10.5. The monoisotopic (exact) mass is 261 g/mol. The van der Waals surface area contributed by atoms with E-state index in [0.717, 1.165) is 10.4 Å². The standard InChI is InChI=1S/C15H19NOS/c1-10-6-11(2)8-12(7-10)15(17)13(9-16)14-4-3-5-18-14/h3-8,13,15,17H,9,16H2,1-2H3. The number of aryl methyl sites for hydroxylation is 2. The molecule has 96 valence electrons. The van der Waals surface area contributed by atoms with Crippen LogP contribution in [0.1, 0.15) is 33.6 Å². The van der Waals surface area contributed by atoms with Crippen molar-refractivity contribution in [2.45, 2.75) is 25.9 Å². The van der Waals surface area contributed by atoms with Crippen LogP contribution in [0.4, 0.5) is 0 Å². The lowest BCUT2D eigenvalue weighted by Crippen LogP contribution is -2.19. The summed E-state index contributed by atoms with van der Waals surface area (Å²) in [5, 5.41) is 12.5. The molecule has 0 aliphatic rings. The molecule has 0 spiro atoms. The Morgan fingerprint density at radius 3 is 2.39 bits per heavy atom. The Balaban J connectivity index is 2.31. The predicted molar refractivity (Wildman–Crippen MR) is 77.0 cm³/mol. The summed E-state index contributed by atoms with van der Waals surface area (Å²) in [6.45, 7) is 4.55. The zero-order chi connectivity index (χ0) is 13.1. The number of hydrogen-bond donors (Lipinski definition) is 2. The molecule has 2 rings (SSSR count). The van der Waals surface area contributed by atoms with Gasteiger partial charge in [-0.25, -0.2) is 0 Å². The molecule has 2 unspecified atom stereocenters. The highest BCUT2D eigenvalue weighted by molar-refractivity contribution is 7.10. The first kappa shape index (κ1) is 13.3. The quantitative estimate of drug-likeness (QED) is 0.888. The summed E-state index contributed by atoms with van der Waals surface area (Å²) < 4.78 is 0. The first-order valence-electron chi connectivity index (χ1n) is 6.11. The third kappa shape index (κ3) is 2.80. The van der Waals surface area contributed by atoms with Gasteiger partial charge in [0.25, 0.3) is 0 Å². The van der Waals surface area contributed by atoms with Gasteiger partial charge in [0.05, 0.1) is 6.10 Å². The number of rotatable bonds is 4. The second kappa shape index (κ2) is 5.65. The number of nitrogens with two attached hydrogens (primary N) is 1. The lowest BCUT2D eigenvalue weighted by molar-refractivity contribution is 0.148. The van der Waals surface area contributed by atoms with Crippen molar-refractivity contribution in [1.29, 1.82) is 0 Å². The fourth-order valence-corrected chi connectivity index (χ4v) is 3.19. The molecule has 0 amide bonds. The fourth-order valence-electron chi connectivity index (χ4n) is 2.32. The summed E-state index contributed by atoms with van der Waals surface area (Å²) >= 11 is 1.65. The first-order chi connectivity index (χ1) is 8.61. The van der Waals surface area contributed by atoms with Crippen LogP contribution in [0.3, 0.4) is 0 Å². The molecule has 0 saturated carbocycles. The molecule has 3 N–H and O–H groups in total. The van der Waals surface area contributed by atoms with E-state index in [-0.39, 0.29) is 5.92 Å². The molecular weight excluding hydrogens is 242 g/mol. The number of thiophene rings is 1. The van der Waals surface area contributed by atoms with Crippen LogP contribution in [0.15, 0.2) is 35.7 Å². The fraction of sp³-hybridized carbons (Fsp3) is 0.333. The minimum absolute atomic E-state index is 0.0220. The lowest BCUT2D eigenvalue weighted by atomic mass is 9.92. The zero-order valence-corrected chi connectivity index (χ0v) is 11.6. The predicted octanol–water partition coefficient (Wildman–Crippen LogP) is 3.14. The van der Waals surface area contributed by atoms with E-state index in [2.05, 4.69) is 6.07 Å². The van der Waals surface area contributed by atoms with Crippen LogP contribution >= 0.6 is 11.3 Å². The topological polar surface area (TPSA) is 46.2 Å². The molecule has 1 heterocycles. The van der Waals surface area contributed by atoms with E-state index in [1.807, 2.05) is 43.5 Å². The molecule has 2 atom stereocenters. The molecule has 2 nitrogen and oxygen atoms in total. The second-order valence-electron chi connectivity index (χ2n) is 4.72. The number of hydrogen-bond acceptors (Lipinski definition) is 3. The Labute approximate surface area is 112 Å². The van der Waals surface area contributed by atoms with Gasteiger partial charge < -0.3 is 10.8 Å². The van der Waals surface area contributed by atoms with Crippen molar-refractivity contribution < 1.29 is 5.11 Å². The number of aliphatic hydroxyl groups is 1. The summed E-state index contributed by atoms with van der Waals surface area (Å²) in [5.74, 6) is -0.0220. The molecule has 18 heavy (non-hydrogen) atoms. The molecular formula is C15H19NOS. The third-order valence-electron chi connectivity index (χ3n) is 3.13. The summed E-state index contributed by atoms with van der Waals surface area (Å²) in [6, 6.07) is 10.2. The molecule has 0 aliphatic carbocycles. The van der Waals surface area contributed by atoms with E-state index in [4.69, 9.17) is 5.73 Å². The van der Waals surface area contributed by atoms with Gasteiger partial charge in [0, 0.05) is 17.3 Å². The maximum atomic E-state index is 10.5. The van der Waals surface area contributed by atoms with Crippen molar-refractivity contribution in [2.24, 2.45) is 5.73 Å². The van der Waals surface area contributed by atoms with Crippen LogP contribution in [0.2, 0.25) is 0 Å². The van der Waals surface area contributed by atoms with Crippen LogP contribution in [0.25, 0.3) is 0 Å². The Morgan fingerprint density at radius 2 is 1.89 bits per heavy atom. The molecule has 0 radical (unpaired) electrons. The third-order valence-corrected chi connectivity index (χ3v) is 4.13. The van der Waals surface area contributed by atoms with Gasteiger partial charge in [-0.05, 0) is 30.9 Å². The van der Waals surface area contributed by atoms with Crippen molar-refractivity contribution in [3.8, 4) is 0 Å². The van der Waals surface area contributed by atoms with Crippen LogP contribution in [0.5, 0.6) is 0 Å². The van der Waals surface area contributed by atoms with Crippen LogP contribution in [-0.2, 0) is 0 Å². The molecule has 3 heteroatoms. The smallest absolute Gasteiger partial charge is 0.0878 e. The zero-order valence-electron chi connectivity index (χ0n) is 10.8. The average molecular weight is 261 g/mol. The van der Waals surface area contributed by atoms with Crippen LogP contribution in [-0.4, -0.2) is 11.7 Å². The maximum Gasteiger partial charge on any atom is 0.0878 e. The Hall–Kier alpha value is -1.16. The Morgan fingerprint density at radius 1 is 1.22 bits per heavy atom. The average Bonchev–Trinajstić information content (AvgIpc) is 2.82. The molecule has 1 aromatic carbocycles. The van der Waals surface area contributed by atoms with Crippen LogP contribution < -0.4 is 5.73 Å². The van der Waals surface area contributed by atoms with Gasteiger partial charge in [-0.1, -0.05) is 35.4 Å². The van der Waals surface area contributed by atoms with Gasteiger partial charge in [-0.3, -0.25) is 0 Å². The molecule has 2 aromatic rings. The highest BCUT2D eigenvalue weighted by Gasteiger charge is 2.22. The van der Waals surface area contributed by atoms with Gasteiger partial charge in [0.15, 0.2) is 0 Å². The Bertz CT molecular complexity index is 487. The number of aliphatic hydroxyl groups excluding tert-OH is 1. The van der Waals surface area contributed by atoms with E-state index < -0.39 is 6.10 Å². The molecule has 0 aliphatic heterocycles. The SMILES string of the molecule is Cc1cc(C)cc(C(O)C(CN)c2cccs2)c1. The first-order valence-corrected chi connectivity index (χ1v) is 6.99. The summed E-state index contributed by atoms with van der Waals surface area (Å²) in [7, 11) is 0. The van der Waals surface area contributed by atoms with Gasteiger partial charge in [-0.2, -0.15) is 0 Å². The van der Waals surface area contributed by atoms with E-state index >= 15 is 0 Å². The minimum Gasteiger partial charge on any atom is -0.388 e. The van der Waals surface area contributed by atoms with Gasteiger partial charge in [0.1, 0.15) is 0 Å². The molecule has 1 aromatic heterocycles. The highest BCUT2D eigenvalue weighted by Crippen LogP contribution is 2.33. The molecule has 0 fully saturated rings. The lowest BCUT2D eigenvalue weighted by Gasteiger charge is -2.21. The van der Waals surface area contributed by atoms with Gasteiger partial charge >= 0.3 is 0 Å². The van der Waals surface area contributed by atoms with Crippen molar-refractivity contribution in [3.05, 3.63) is 57.3 Å². The van der Waals surface area contributed by atoms with Crippen LogP contribution in [0, 0.1) is 13.8 Å². The van der Waals surface area contributed by atoms with E-state index in [1.54, 1.807) is 11.3 Å². The van der Waals surface area contributed by atoms with Gasteiger partial charge in [0.2, 0.25) is 0 Å². The second-order valence-corrected chi connectivity index (χ2v) is 5.70. The van der Waals surface area contributed by atoms with Gasteiger partial charge in [-0.15, -0.1) is 11.3 Å². The Kier molecular flexibility index (Phi) is 4.17. The minimum atomic E-state index is -0.535. The summed E-state index contributed by atoms with van der Waals surface area (Å²) in [5.41, 5.74) is 9.12. The number of benzene rings is 1. The van der Waals surface area contributed by atoms with E-state index in [9.17, 15) is 5.11 Å². The largest absolute Gasteiger partial charge is 0.388 e. The van der Waals surface area contributed by atoms with Crippen molar-refractivity contribution in [3.63, 3.8) is 0 Å². The van der Waals surface area contributed by atoms with E-state index in [0.29, 0.717) is 6.54 Å².